The lowest BCUT2D eigenvalue weighted by molar-refractivity contribution is -0.00680. The van der Waals surface area contributed by atoms with Gasteiger partial charge < -0.3 is 10.2 Å². The van der Waals surface area contributed by atoms with Gasteiger partial charge in [0.05, 0.1) is 6.10 Å². The summed E-state index contributed by atoms with van der Waals surface area (Å²) in [4.78, 5) is 1.85. The molecule has 3 heteroatoms. The number of likely N-dealkylation sites (tertiary alicyclic amines) is 1. The zero-order chi connectivity index (χ0) is 7.56. The maximum Gasteiger partial charge on any atom is 0.107 e. The van der Waals surface area contributed by atoms with Crippen LogP contribution in [0.4, 0.5) is 0 Å². The molecular formula is C7H14NO2. The van der Waals surface area contributed by atoms with E-state index < -0.39 is 6.23 Å². The highest BCUT2D eigenvalue weighted by Gasteiger charge is 2.19. The molecule has 0 aliphatic carbocycles. The Morgan fingerprint density at radius 3 is 2.30 bits per heavy atom. The van der Waals surface area contributed by atoms with E-state index in [-0.39, 0.29) is 6.10 Å². The van der Waals surface area contributed by atoms with Gasteiger partial charge in [0.15, 0.2) is 0 Å². The van der Waals surface area contributed by atoms with Crippen molar-refractivity contribution < 1.29 is 10.2 Å². The summed E-state index contributed by atoms with van der Waals surface area (Å²) < 4.78 is 0. The van der Waals surface area contributed by atoms with Crippen LogP contribution in [0.5, 0.6) is 0 Å². The van der Waals surface area contributed by atoms with Crippen LogP contribution in [0.15, 0.2) is 0 Å². The van der Waals surface area contributed by atoms with Gasteiger partial charge in [-0.25, -0.2) is 0 Å². The molecule has 1 radical (unpaired) electrons. The summed E-state index contributed by atoms with van der Waals surface area (Å²) in [5.74, 6) is 0. The third-order valence-corrected chi connectivity index (χ3v) is 1.92. The summed E-state index contributed by atoms with van der Waals surface area (Å²) in [5.41, 5.74) is 0. The van der Waals surface area contributed by atoms with Gasteiger partial charge in [0.2, 0.25) is 0 Å². The smallest absolute Gasteiger partial charge is 0.107 e. The number of hydrogen-bond donors (Lipinski definition) is 2. The number of piperidine rings is 1. The van der Waals surface area contributed by atoms with E-state index in [2.05, 4.69) is 6.92 Å². The topological polar surface area (TPSA) is 43.7 Å². The van der Waals surface area contributed by atoms with Crippen molar-refractivity contribution in [1.82, 2.24) is 4.90 Å². The summed E-state index contributed by atoms with van der Waals surface area (Å²) in [6.45, 7) is 5.00. The second-order valence-electron chi connectivity index (χ2n) is 2.75. The van der Waals surface area contributed by atoms with Crippen LogP contribution in [0.25, 0.3) is 0 Å². The van der Waals surface area contributed by atoms with Crippen molar-refractivity contribution in [1.29, 1.82) is 0 Å². The molecular weight excluding hydrogens is 130 g/mol. The summed E-state index contributed by atoms with van der Waals surface area (Å²) in [6.07, 6.45) is 0.738. The molecule has 2 N–H and O–H groups in total. The van der Waals surface area contributed by atoms with Crippen LogP contribution < -0.4 is 0 Å². The van der Waals surface area contributed by atoms with Crippen molar-refractivity contribution in [3.63, 3.8) is 0 Å². The summed E-state index contributed by atoms with van der Waals surface area (Å²) in [5, 5.41) is 18.1. The maximum atomic E-state index is 9.08. The molecule has 1 saturated heterocycles. The molecule has 0 spiro atoms. The first-order valence-electron chi connectivity index (χ1n) is 3.63. The fourth-order valence-electron chi connectivity index (χ4n) is 1.18. The SMILES string of the molecule is [CH2]C(O)N1CCC(O)CC1. The van der Waals surface area contributed by atoms with Gasteiger partial charge >= 0.3 is 0 Å². The lowest BCUT2D eigenvalue weighted by Gasteiger charge is -2.31. The first-order chi connectivity index (χ1) is 4.70. The first kappa shape index (κ1) is 7.98. The van der Waals surface area contributed by atoms with Crippen molar-refractivity contribution in [2.45, 2.75) is 25.2 Å². The van der Waals surface area contributed by atoms with Crippen LogP contribution in [0.1, 0.15) is 12.8 Å². The average molecular weight is 144 g/mol. The first-order valence-corrected chi connectivity index (χ1v) is 3.63. The second kappa shape index (κ2) is 3.32. The number of aliphatic hydroxyl groups is 2. The molecule has 59 valence electrons. The minimum absolute atomic E-state index is 0.171. The predicted molar refractivity (Wildman–Crippen MR) is 38.2 cm³/mol. The summed E-state index contributed by atoms with van der Waals surface area (Å²) in [7, 11) is 0. The Bertz CT molecular complexity index is 97.8. The predicted octanol–water partition coefficient (Wildman–Crippen LogP) is -0.404. The fraction of sp³-hybridized carbons (Fsp3) is 0.857. The van der Waals surface area contributed by atoms with Crippen molar-refractivity contribution in [2.75, 3.05) is 13.1 Å². The molecule has 3 nitrogen and oxygen atoms in total. The van der Waals surface area contributed by atoms with Crippen molar-refractivity contribution >= 4 is 0 Å². The summed E-state index contributed by atoms with van der Waals surface area (Å²) >= 11 is 0. The van der Waals surface area contributed by atoms with E-state index in [1.807, 2.05) is 4.90 Å². The molecule has 1 aliphatic rings. The molecule has 0 saturated carbocycles. The Labute approximate surface area is 61.3 Å². The molecule has 0 amide bonds. The van der Waals surface area contributed by atoms with Crippen LogP contribution in [0.3, 0.4) is 0 Å². The van der Waals surface area contributed by atoms with Crippen molar-refractivity contribution in [3.8, 4) is 0 Å². The van der Waals surface area contributed by atoms with Crippen molar-refractivity contribution in [3.05, 3.63) is 6.92 Å². The standard InChI is InChI=1S/C7H14NO2/c1-6(9)8-4-2-7(10)3-5-8/h6-7,9-10H,1-5H2. The van der Waals surface area contributed by atoms with Crippen LogP contribution >= 0.6 is 0 Å². The minimum atomic E-state index is -0.604. The van der Waals surface area contributed by atoms with Gasteiger partial charge in [-0.3, -0.25) is 4.90 Å². The third kappa shape index (κ3) is 1.94. The van der Waals surface area contributed by atoms with E-state index >= 15 is 0 Å². The molecule has 1 atom stereocenters. The van der Waals surface area contributed by atoms with Crippen LogP contribution in [0, 0.1) is 6.92 Å². The molecule has 0 aromatic heterocycles. The fourth-order valence-corrected chi connectivity index (χ4v) is 1.18. The van der Waals surface area contributed by atoms with E-state index in [9.17, 15) is 0 Å². The Balaban J connectivity index is 2.26. The molecule has 1 unspecified atom stereocenters. The molecule has 0 aromatic rings. The normalized spacial score (nSPS) is 26.7. The lowest BCUT2D eigenvalue weighted by Crippen LogP contribution is -2.41. The van der Waals surface area contributed by atoms with Crippen LogP contribution in [-0.4, -0.2) is 40.5 Å². The largest absolute Gasteiger partial charge is 0.393 e. The van der Waals surface area contributed by atoms with E-state index in [1.165, 1.54) is 0 Å². The Hall–Kier alpha value is -0.120. The average Bonchev–Trinajstić information content (AvgIpc) is 1.88. The highest BCUT2D eigenvalue weighted by molar-refractivity contribution is 4.73. The molecule has 1 aliphatic heterocycles. The highest BCUT2D eigenvalue weighted by atomic mass is 16.3. The van der Waals surface area contributed by atoms with Gasteiger partial charge in [-0.2, -0.15) is 0 Å². The second-order valence-corrected chi connectivity index (χ2v) is 2.75. The van der Waals surface area contributed by atoms with Gasteiger partial charge in [0, 0.05) is 13.1 Å². The maximum absolute atomic E-state index is 9.08. The molecule has 1 rings (SSSR count). The van der Waals surface area contributed by atoms with E-state index in [0.717, 1.165) is 25.9 Å². The monoisotopic (exact) mass is 144 g/mol. The number of hydrogen-bond acceptors (Lipinski definition) is 3. The Morgan fingerprint density at radius 1 is 1.40 bits per heavy atom. The molecule has 1 fully saturated rings. The summed E-state index contributed by atoms with van der Waals surface area (Å²) in [6, 6.07) is 0. The molecule has 0 bridgehead atoms. The zero-order valence-electron chi connectivity index (χ0n) is 6.03. The van der Waals surface area contributed by atoms with Crippen molar-refractivity contribution in [2.24, 2.45) is 0 Å². The van der Waals surface area contributed by atoms with E-state index in [4.69, 9.17) is 10.2 Å². The van der Waals surface area contributed by atoms with Crippen LogP contribution in [-0.2, 0) is 0 Å². The Kier molecular flexibility index (Phi) is 2.65. The molecule has 1 heterocycles. The Morgan fingerprint density at radius 2 is 1.90 bits per heavy atom. The quantitative estimate of drug-likeness (QED) is 0.526. The lowest BCUT2D eigenvalue weighted by atomic mass is 10.1. The number of nitrogens with zero attached hydrogens (tertiary/aromatic N) is 1. The highest BCUT2D eigenvalue weighted by Crippen LogP contribution is 2.10. The zero-order valence-corrected chi connectivity index (χ0v) is 6.03. The number of rotatable bonds is 1. The van der Waals surface area contributed by atoms with Gasteiger partial charge in [-0.05, 0) is 19.8 Å². The van der Waals surface area contributed by atoms with Crippen LogP contribution in [0.2, 0.25) is 0 Å². The van der Waals surface area contributed by atoms with E-state index in [1.54, 1.807) is 0 Å². The minimum Gasteiger partial charge on any atom is -0.393 e. The molecule has 10 heavy (non-hydrogen) atoms. The van der Waals surface area contributed by atoms with Gasteiger partial charge in [-0.15, -0.1) is 0 Å². The molecule has 0 aromatic carbocycles. The van der Waals surface area contributed by atoms with Gasteiger partial charge in [-0.1, -0.05) is 0 Å². The third-order valence-electron chi connectivity index (χ3n) is 1.92. The van der Waals surface area contributed by atoms with E-state index in [0.29, 0.717) is 0 Å². The van der Waals surface area contributed by atoms with Gasteiger partial charge in [0.1, 0.15) is 6.23 Å². The van der Waals surface area contributed by atoms with Gasteiger partial charge in [0.25, 0.3) is 0 Å². The number of aliphatic hydroxyl groups excluding tert-OH is 2.